The van der Waals surface area contributed by atoms with Crippen molar-refractivity contribution in [2.24, 2.45) is 0 Å². The summed E-state index contributed by atoms with van der Waals surface area (Å²) in [7, 11) is 0. The lowest BCUT2D eigenvalue weighted by Crippen LogP contribution is -2.47. The number of urea groups is 1. The van der Waals surface area contributed by atoms with Crippen LogP contribution in [0.1, 0.15) is 29.0 Å². The molecule has 2 aliphatic rings. The highest BCUT2D eigenvalue weighted by Gasteiger charge is 2.47. The molecule has 5 rings (SSSR count). The molecule has 0 fully saturated rings. The number of benzene rings is 2. The molecule has 37 heavy (non-hydrogen) atoms. The maximum Gasteiger partial charge on any atom is 0.322 e. The molecule has 0 unspecified atom stereocenters. The summed E-state index contributed by atoms with van der Waals surface area (Å²) in [6.45, 7) is 4.11. The van der Waals surface area contributed by atoms with E-state index in [4.69, 9.17) is 4.42 Å². The summed E-state index contributed by atoms with van der Waals surface area (Å²) in [4.78, 5) is 43.5. The van der Waals surface area contributed by atoms with Gasteiger partial charge in [-0.05, 0) is 35.4 Å². The fourth-order valence-corrected chi connectivity index (χ4v) is 4.74. The Balaban J connectivity index is 1.52. The number of hydrogen-bond acceptors (Lipinski definition) is 4. The Bertz CT molecular complexity index is 1350. The van der Waals surface area contributed by atoms with Gasteiger partial charge in [-0.25, -0.2) is 9.18 Å². The molecule has 0 spiro atoms. The molecule has 2 atom stereocenters. The molecule has 4 amide bonds. The molecule has 2 aromatic carbocycles. The Morgan fingerprint density at radius 3 is 2.57 bits per heavy atom. The Kier molecular flexibility index (Phi) is 6.59. The summed E-state index contributed by atoms with van der Waals surface area (Å²) in [6.07, 6.45) is 3.09. The first-order valence-electron chi connectivity index (χ1n) is 11.8. The number of amides is 4. The van der Waals surface area contributed by atoms with Crippen LogP contribution in [0.5, 0.6) is 0 Å². The molecule has 2 N–H and O–H groups in total. The highest BCUT2D eigenvalue weighted by Crippen LogP contribution is 2.39. The van der Waals surface area contributed by atoms with E-state index in [0.29, 0.717) is 28.2 Å². The fourth-order valence-electron chi connectivity index (χ4n) is 4.74. The predicted octanol–water partition coefficient (Wildman–Crippen LogP) is 3.83. The second kappa shape index (κ2) is 10.1. The van der Waals surface area contributed by atoms with Gasteiger partial charge in [0.2, 0.25) is 5.91 Å². The average Bonchev–Trinajstić information content (AvgIpc) is 3.54. The van der Waals surface area contributed by atoms with Crippen molar-refractivity contribution in [2.75, 3.05) is 13.1 Å². The maximum atomic E-state index is 14.0. The van der Waals surface area contributed by atoms with E-state index in [1.807, 2.05) is 6.07 Å². The standard InChI is InChI=1S/C28H25FN4O4/c1-2-14-32-22-17-33(27(35)23(22)24(31-28(32)36)18-10-12-20(29)13-11-18)25(19-7-4-3-5-8-19)26(34)30-16-21-9-6-15-37-21/h2-13,15,24-25H,1,14,16-17H2,(H,30,34)(H,31,36)/t24-,25+/m1/s1. The molecule has 8 nitrogen and oxygen atoms in total. The normalized spacial score (nSPS) is 17.9. The quantitative estimate of drug-likeness (QED) is 0.460. The lowest BCUT2D eigenvalue weighted by atomic mass is 9.95. The van der Waals surface area contributed by atoms with E-state index in [1.54, 1.807) is 42.5 Å². The molecule has 188 valence electrons. The molecule has 0 radical (unpaired) electrons. The van der Waals surface area contributed by atoms with Crippen LogP contribution in [-0.4, -0.2) is 40.7 Å². The average molecular weight is 501 g/mol. The zero-order valence-electron chi connectivity index (χ0n) is 19.9. The van der Waals surface area contributed by atoms with Crippen molar-refractivity contribution < 1.29 is 23.2 Å². The van der Waals surface area contributed by atoms with Gasteiger partial charge in [-0.3, -0.25) is 14.5 Å². The van der Waals surface area contributed by atoms with Crippen LogP contribution in [0.2, 0.25) is 0 Å². The summed E-state index contributed by atoms with van der Waals surface area (Å²) in [5.74, 6) is -0.622. The van der Waals surface area contributed by atoms with Crippen LogP contribution in [0.15, 0.2) is 101 Å². The zero-order chi connectivity index (χ0) is 25.9. The second-order valence-corrected chi connectivity index (χ2v) is 8.74. The summed E-state index contributed by atoms with van der Waals surface area (Å²) in [5.41, 5.74) is 2.02. The number of furan rings is 1. The van der Waals surface area contributed by atoms with Crippen molar-refractivity contribution in [1.82, 2.24) is 20.4 Å². The van der Waals surface area contributed by atoms with Crippen molar-refractivity contribution in [3.8, 4) is 0 Å². The number of nitrogens with one attached hydrogen (secondary N) is 2. The van der Waals surface area contributed by atoms with E-state index in [-0.39, 0.29) is 31.4 Å². The molecule has 2 aliphatic heterocycles. The van der Waals surface area contributed by atoms with E-state index in [9.17, 15) is 18.8 Å². The Hall–Kier alpha value is -4.66. The topological polar surface area (TPSA) is 94.9 Å². The number of hydrogen-bond donors (Lipinski definition) is 2. The van der Waals surface area contributed by atoms with Crippen LogP contribution in [-0.2, 0) is 16.1 Å². The summed E-state index contributed by atoms with van der Waals surface area (Å²) >= 11 is 0. The number of halogens is 1. The van der Waals surface area contributed by atoms with Crippen molar-refractivity contribution in [3.05, 3.63) is 120 Å². The first kappa shape index (κ1) is 24.1. The van der Waals surface area contributed by atoms with E-state index in [2.05, 4.69) is 17.2 Å². The fraction of sp³-hybridized carbons (Fsp3) is 0.179. The van der Waals surface area contributed by atoms with Crippen LogP contribution < -0.4 is 10.6 Å². The SMILES string of the molecule is C=CCN1C(=O)N[C@H](c2ccc(F)cc2)C2=C1CN([C@H](C(=O)NCc1ccco1)c1ccccc1)C2=O. The van der Waals surface area contributed by atoms with Crippen LogP contribution in [0.3, 0.4) is 0 Å². The first-order chi connectivity index (χ1) is 18.0. The van der Waals surface area contributed by atoms with Crippen LogP contribution >= 0.6 is 0 Å². The molecule has 3 aromatic rings. The smallest absolute Gasteiger partial charge is 0.322 e. The van der Waals surface area contributed by atoms with Gasteiger partial charge in [-0.2, -0.15) is 0 Å². The summed E-state index contributed by atoms with van der Waals surface area (Å²) in [5, 5.41) is 5.72. The number of carbonyl (C=O) groups excluding carboxylic acids is 3. The van der Waals surface area contributed by atoms with E-state index < -0.39 is 23.9 Å². The highest BCUT2D eigenvalue weighted by molar-refractivity contribution is 6.03. The molecular weight excluding hydrogens is 475 g/mol. The number of rotatable bonds is 8. The largest absolute Gasteiger partial charge is 0.467 e. The molecule has 9 heteroatoms. The minimum Gasteiger partial charge on any atom is -0.467 e. The lowest BCUT2D eigenvalue weighted by Gasteiger charge is -2.33. The van der Waals surface area contributed by atoms with Crippen molar-refractivity contribution >= 4 is 17.8 Å². The van der Waals surface area contributed by atoms with Gasteiger partial charge in [0.25, 0.3) is 5.91 Å². The molecular formula is C28H25FN4O4. The molecule has 3 heterocycles. The lowest BCUT2D eigenvalue weighted by molar-refractivity contribution is -0.136. The summed E-state index contributed by atoms with van der Waals surface area (Å²) in [6, 6.07) is 16.0. The molecule has 1 aromatic heterocycles. The third-order valence-electron chi connectivity index (χ3n) is 6.46. The van der Waals surface area contributed by atoms with Gasteiger partial charge >= 0.3 is 6.03 Å². The summed E-state index contributed by atoms with van der Waals surface area (Å²) < 4.78 is 18.9. The molecule has 0 aliphatic carbocycles. The maximum absolute atomic E-state index is 14.0. The van der Waals surface area contributed by atoms with Crippen LogP contribution in [0.25, 0.3) is 0 Å². The minimum absolute atomic E-state index is 0.0425. The highest BCUT2D eigenvalue weighted by atomic mass is 19.1. The molecule has 0 saturated carbocycles. The van der Waals surface area contributed by atoms with Gasteiger partial charge in [0.15, 0.2) is 0 Å². The van der Waals surface area contributed by atoms with E-state index >= 15 is 0 Å². The Morgan fingerprint density at radius 1 is 1.14 bits per heavy atom. The minimum atomic E-state index is -0.955. The van der Waals surface area contributed by atoms with Gasteiger partial charge in [-0.15, -0.1) is 6.58 Å². The monoisotopic (exact) mass is 500 g/mol. The first-order valence-corrected chi connectivity index (χ1v) is 11.8. The van der Waals surface area contributed by atoms with Gasteiger partial charge < -0.3 is 20.0 Å². The zero-order valence-corrected chi connectivity index (χ0v) is 19.9. The van der Waals surface area contributed by atoms with Gasteiger partial charge in [0.1, 0.15) is 17.6 Å². The van der Waals surface area contributed by atoms with Crippen molar-refractivity contribution in [1.29, 1.82) is 0 Å². The van der Waals surface area contributed by atoms with Crippen molar-refractivity contribution in [3.63, 3.8) is 0 Å². The number of nitrogens with zero attached hydrogens (tertiary/aromatic N) is 2. The van der Waals surface area contributed by atoms with Crippen LogP contribution in [0.4, 0.5) is 9.18 Å². The predicted molar refractivity (Wildman–Crippen MR) is 133 cm³/mol. The number of carbonyl (C=O) groups is 3. The van der Waals surface area contributed by atoms with Gasteiger partial charge in [0.05, 0.1) is 36.7 Å². The second-order valence-electron chi connectivity index (χ2n) is 8.74. The van der Waals surface area contributed by atoms with Gasteiger partial charge in [0, 0.05) is 6.54 Å². The molecule has 0 saturated heterocycles. The van der Waals surface area contributed by atoms with E-state index in [1.165, 1.54) is 40.3 Å². The molecule has 0 bridgehead atoms. The van der Waals surface area contributed by atoms with Crippen LogP contribution in [0, 0.1) is 5.82 Å². The Labute approximate surface area is 213 Å². The third-order valence-corrected chi connectivity index (χ3v) is 6.46. The third kappa shape index (κ3) is 4.63. The van der Waals surface area contributed by atoms with E-state index in [0.717, 1.165) is 0 Å². The van der Waals surface area contributed by atoms with Gasteiger partial charge in [-0.1, -0.05) is 48.5 Å². The Morgan fingerprint density at radius 2 is 1.89 bits per heavy atom. The van der Waals surface area contributed by atoms with Crippen molar-refractivity contribution in [2.45, 2.75) is 18.6 Å².